The lowest BCUT2D eigenvalue weighted by Gasteiger charge is -2.21. The van der Waals surface area contributed by atoms with Gasteiger partial charge < -0.3 is 42.6 Å². The number of primary amides is 1. The van der Waals surface area contributed by atoms with E-state index in [0.29, 0.717) is 5.56 Å². The summed E-state index contributed by atoms with van der Waals surface area (Å²) < 4.78 is 0. The summed E-state index contributed by atoms with van der Waals surface area (Å²) in [6.07, 6.45) is 1.20. The highest BCUT2D eigenvalue weighted by atomic mass is 16.4. The molecule has 0 fully saturated rings. The fraction of sp³-hybridized carbons (Fsp3) is 0.381. The summed E-state index contributed by atoms with van der Waals surface area (Å²) in [6.45, 7) is -1.13. The number of benzene rings is 1. The number of carbonyl (C=O) groups is 5. The quantitative estimate of drug-likeness (QED) is 0.153. The molecule has 1 heterocycles. The lowest BCUT2D eigenvalue weighted by atomic mass is 10.0. The van der Waals surface area contributed by atoms with Crippen molar-refractivity contribution in [1.82, 2.24) is 20.9 Å². The molecular formula is C21H28N6O7. The minimum absolute atomic E-state index is 0.00778. The second-order valence-corrected chi connectivity index (χ2v) is 7.59. The Morgan fingerprint density at radius 1 is 1.03 bits per heavy atom. The number of carbonyl (C=O) groups excluding carboxylic acids is 4. The molecule has 0 spiro atoms. The summed E-state index contributed by atoms with van der Waals surface area (Å²) in [5.41, 5.74) is 11.9. The van der Waals surface area contributed by atoms with Gasteiger partial charge in [-0.3, -0.25) is 19.2 Å². The number of carboxylic acids is 1. The summed E-state index contributed by atoms with van der Waals surface area (Å²) in [4.78, 5) is 62.6. The van der Waals surface area contributed by atoms with E-state index in [-0.39, 0.29) is 19.3 Å². The Labute approximate surface area is 194 Å². The highest BCUT2D eigenvalue weighted by Gasteiger charge is 2.28. The highest BCUT2D eigenvalue weighted by Crippen LogP contribution is 2.19. The molecule has 0 saturated heterocycles. The van der Waals surface area contributed by atoms with Crippen molar-refractivity contribution >= 4 is 40.5 Å². The third-order valence-corrected chi connectivity index (χ3v) is 5.00. The average Bonchev–Trinajstić information content (AvgIpc) is 3.21. The number of aromatic nitrogens is 1. The van der Waals surface area contributed by atoms with E-state index in [0.717, 1.165) is 10.9 Å². The van der Waals surface area contributed by atoms with Crippen LogP contribution in [0.2, 0.25) is 0 Å². The molecule has 0 saturated carbocycles. The number of carboxylic acid groups (broad SMARTS) is 1. The van der Waals surface area contributed by atoms with Gasteiger partial charge in [0.2, 0.25) is 23.6 Å². The Bertz CT molecular complexity index is 1050. The molecule has 13 heteroatoms. The normalized spacial score (nSPS) is 13.5. The number of amides is 4. The lowest BCUT2D eigenvalue weighted by molar-refractivity contribution is -0.142. The standard InChI is InChI=1S/C21H28N6O7/c22-13(10-28)19(31)25-9-18(30)26-16(7-11-8-24-14-4-2-1-3-12(11)14)20(32)27-15(21(33)34)5-6-17(23)29/h1-4,8,13,15-16,24,28H,5-7,9-10,22H2,(H2,23,29)(H,25,31)(H,26,30)(H,27,32)(H,33,34). The fourth-order valence-electron chi connectivity index (χ4n) is 3.17. The number of hydrogen-bond donors (Lipinski definition) is 8. The van der Waals surface area contributed by atoms with E-state index in [4.69, 9.17) is 16.6 Å². The van der Waals surface area contributed by atoms with E-state index in [2.05, 4.69) is 20.9 Å². The van der Waals surface area contributed by atoms with E-state index in [1.165, 1.54) is 0 Å². The van der Waals surface area contributed by atoms with Crippen LogP contribution in [0.1, 0.15) is 18.4 Å². The van der Waals surface area contributed by atoms with Gasteiger partial charge in [0.1, 0.15) is 18.1 Å². The van der Waals surface area contributed by atoms with Gasteiger partial charge in [0.15, 0.2) is 0 Å². The van der Waals surface area contributed by atoms with Gasteiger partial charge in [-0.15, -0.1) is 0 Å². The molecule has 0 radical (unpaired) electrons. The van der Waals surface area contributed by atoms with Gasteiger partial charge in [-0.05, 0) is 18.1 Å². The van der Waals surface area contributed by atoms with Crippen molar-refractivity contribution in [3.63, 3.8) is 0 Å². The number of aliphatic carboxylic acids is 1. The van der Waals surface area contributed by atoms with Crippen molar-refractivity contribution in [2.24, 2.45) is 11.5 Å². The number of fused-ring (bicyclic) bond motifs is 1. The van der Waals surface area contributed by atoms with Crippen molar-refractivity contribution in [3.8, 4) is 0 Å². The minimum Gasteiger partial charge on any atom is -0.480 e. The maximum absolute atomic E-state index is 12.9. The van der Waals surface area contributed by atoms with Crippen LogP contribution in [0.25, 0.3) is 10.9 Å². The van der Waals surface area contributed by atoms with E-state index in [1.807, 2.05) is 18.2 Å². The maximum atomic E-state index is 12.9. The van der Waals surface area contributed by atoms with Crippen LogP contribution < -0.4 is 27.4 Å². The molecular weight excluding hydrogens is 448 g/mol. The van der Waals surface area contributed by atoms with Crippen LogP contribution in [0.4, 0.5) is 0 Å². The first-order valence-electron chi connectivity index (χ1n) is 10.4. The number of rotatable bonds is 13. The van der Waals surface area contributed by atoms with Crippen LogP contribution in [0.3, 0.4) is 0 Å². The molecule has 2 aromatic rings. The average molecular weight is 476 g/mol. The van der Waals surface area contributed by atoms with Crippen molar-refractivity contribution in [1.29, 1.82) is 0 Å². The molecule has 10 N–H and O–H groups in total. The molecule has 0 aliphatic rings. The Hall–Kier alpha value is -3.97. The van der Waals surface area contributed by atoms with Crippen LogP contribution in [0.15, 0.2) is 30.5 Å². The van der Waals surface area contributed by atoms with Gasteiger partial charge in [0, 0.05) is 29.9 Å². The molecule has 3 atom stereocenters. The zero-order chi connectivity index (χ0) is 25.3. The SMILES string of the molecule is NC(=O)CCC(NC(=O)C(Cc1c[nH]c2ccccc12)NC(=O)CNC(=O)C(N)CO)C(=O)O. The first-order chi connectivity index (χ1) is 16.1. The van der Waals surface area contributed by atoms with Crippen molar-refractivity contribution in [2.75, 3.05) is 13.2 Å². The van der Waals surface area contributed by atoms with Gasteiger partial charge in [0.25, 0.3) is 0 Å². The van der Waals surface area contributed by atoms with Gasteiger partial charge in [-0.2, -0.15) is 0 Å². The van der Waals surface area contributed by atoms with Crippen molar-refractivity contribution < 1.29 is 34.2 Å². The zero-order valence-electron chi connectivity index (χ0n) is 18.2. The Balaban J connectivity index is 2.17. The molecule has 3 unspecified atom stereocenters. The van der Waals surface area contributed by atoms with Crippen LogP contribution in [0, 0.1) is 0 Å². The van der Waals surface area contributed by atoms with E-state index in [9.17, 15) is 29.1 Å². The Kier molecular flexibility index (Phi) is 9.52. The summed E-state index contributed by atoms with van der Waals surface area (Å²) in [5.74, 6) is -4.37. The van der Waals surface area contributed by atoms with Gasteiger partial charge in [-0.25, -0.2) is 4.79 Å². The minimum atomic E-state index is -1.40. The summed E-state index contributed by atoms with van der Waals surface area (Å²) in [7, 11) is 0. The first kappa shape index (κ1) is 26.3. The molecule has 4 amide bonds. The number of aliphatic hydroxyl groups is 1. The predicted molar refractivity (Wildman–Crippen MR) is 120 cm³/mol. The second kappa shape index (κ2) is 12.3. The van der Waals surface area contributed by atoms with Crippen molar-refractivity contribution in [2.45, 2.75) is 37.4 Å². The lowest BCUT2D eigenvalue weighted by Crippen LogP contribution is -2.54. The van der Waals surface area contributed by atoms with E-state index < -0.39 is 60.9 Å². The number of nitrogens with two attached hydrogens (primary N) is 2. The topological polar surface area (TPSA) is 230 Å². The molecule has 0 aliphatic heterocycles. The van der Waals surface area contributed by atoms with E-state index in [1.54, 1.807) is 12.3 Å². The first-order valence-corrected chi connectivity index (χ1v) is 10.4. The number of para-hydroxylation sites is 1. The van der Waals surface area contributed by atoms with Crippen LogP contribution >= 0.6 is 0 Å². The molecule has 2 rings (SSSR count). The monoisotopic (exact) mass is 476 g/mol. The largest absolute Gasteiger partial charge is 0.480 e. The third-order valence-electron chi connectivity index (χ3n) is 5.00. The zero-order valence-corrected chi connectivity index (χ0v) is 18.2. The number of H-pyrrole nitrogens is 1. The molecule has 184 valence electrons. The molecule has 34 heavy (non-hydrogen) atoms. The second-order valence-electron chi connectivity index (χ2n) is 7.59. The van der Waals surface area contributed by atoms with Gasteiger partial charge in [-0.1, -0.05) is 18.2 Å². The predicted octanol–water partition coefficient (Wildman–Crippen LogP) is -2.53. The van der Waals surface area contributed by atoms with Crippen molar-refractivity contribution in [3.05, 3.63) is 36.0 Å². The molecule has 0 bridgehead atoms. The molecule has 1 aromatic heterocycles. The van der Waals surface area contributed by atoms with Crippen LogP contribution in [-0.4, -0.2) is 76.1 Å². The van der Waals surface area contributed by atoms with Gasteiger partial charge in [0.05, 0.1) is 13.2 Å². The highest BCUT2D eigenvalue weighted by molar-refractivity contribution is 5.93. The Morgan fingerprint density at radius 3 is 2.38 bits per heavy atom. The summed E-state index contributed by atoms with van der Waals surface area (Å²) in [5, 5.41) is 26.1. The molecule has 1 aromatic carbocycles. The van der Waals surface area contributed by atoms with Gasteiger partial charge >= 0.3 is 5.97 Å². The summed E-state index contributed by atoms with van der Waals surface area (Å²) >= 11 is 0. The number of nitrogens with one attached hydrogen (secondary N) is 4. The Morgan fingerprint density at radius 2 is 1.74 bits per heavy atom. The van der Waals surface area contributed by atoms with E-state index >= 15 is 0 Å². The number of hydrogen-bond acceptors (Lipinski definition) is 7. The fourth-order valence-corrected chi connectivity index (χ4v) is 3.17. The number of aliphatic hydroxyl groups excluding tert-OH is 1. The number of aromatic amines is 1. The van der Waals surface area contributed by atoms with Crippen LogP contribution in [-0.2, 0) is 30.4 Å². The van der Waals surface area contributed by atoms with Crippen LogP contribution in [0.5, 0.6) is 0 Å². The summed E-state index contributed by atoms with van der Waals surface area (Å²) in [6, 6.07) is 3.47. The smallest absolute Gasteiger partial charge is 0.326 e. The maximum Gasteiger partial charge on any atom is 0.326 e. The molecule has 13 nitrogen and oxygen atoms in total. The molecule has 0 aliphatic carbocycles. The third kappa shape index (κ3) is 7.56.